The van der Waals surface area contributed by atoms with Crippen molar-refractivity contribution in [1.82, 2.24) is 0 Å². The van der Waals surface area contributed by atoms with Crippen LogP contribution in [-0.4, -0.2) is 5.54 Å². The van der Waals surface area contributed by atoms with Gasteiger partial charge in [0.15, 0.2) is 0 Å². The van der Waals surface area contributed by atoms with Gasteiger partial charge >= 0.3 is 0 Å². The van der Waals surface area contributed by atoms with Crippen molar-refractivity contribution in [1.29, 1.82) is 0 Å². The van der Waals surface area contributed by atoms with Gasteiger partial charge in [-0.1, -0.05) is 13.8 Å². The molecule has 1 spiro atoms. The predicted molar refractivity (Wildman–Crippen MR) is 45.0 cm³/mol. The Morgan fingerprint density at radius 3 is 2.27 bits per heavy atom. The van der Waals surface area contributed by atoms with E-state index in [1.807, 2.05) is 0 Å². The van der Waals surface area contributed by atoms with Crippen molar-refractivity contribution in [2.75, 3.05) is 0 Å². The van der Waals surface area contributed by atoms with E-state index in [2.05, 4.69) is 13.8 Å². The third-order valence-corrected chi connectivity index (χ3v) is 5.35. The number of hydrogen-bond acceptors (Lipinski definition) is 1. The highest BCUT2D eigenvalue weighted by atomic mass is 15.0. The molecule has 2 bridgehead atoms. The molecular weight excluding hydrogens is 134 g/mol. The average Bonchev–Trinajstić information content (AvgIpc) is 2.10. The third kappa shape index (κ3) is 0.376. The van der Waals surface area contributed by atoms with Gasteiger partial charge in [-0.3, -0.25) is 0 Å². The topological polar surface area (TPSA) is 26.0 Å². The first-order valence-corrected chi connectivity index (χ1v) is 4.91. The average molecular weight is 151 g/mol. The van der Waals surface area contributed by atoms with Crippen LogP contribution in [0.1, 0.15) is 33.1 Å². The summed E-state index contributed by atoms with van der Waals surface area (Å²) in [5.74, 6) is 2.66. The minimum Gasteiger partial charge on any atom is -0.325 e. The van der Waals surface area contributed by atoms with Crippen molar-refractivity contribution < 1.29 is 0 Å². The van der Waals surface area contributed by atoms with Crippen LogP contribution in [0, 0.1) is 23.2 Å². The lowest BCUT2D eigenvalue weighted by molar-refractivity contribution is -0.165. The molecule has 62 valence electrons. The summed E-state index contributed by atoms with van der Waals surface area (Å²) in [5.41, 5.74) is 7.36. The zero-order valence-electron chi connectivity index (χ0n) is 7.43. The molecule has 0 amide bonds. The van der Waals surface area contributed by atoms with Crippen LogP contribution < -0.4 is 5.73 Å². The molecule has 0 aromatic carbocycles. The van der Waals surface area contributed by atoms with E-state index in [0.29, 0.717) is 0 Å². The molecule has 1 heteroatoms. The molecule has 4 aliphatic carbocycles. The van der Waals surface area contributed by atoms with Crippen molar-refractivity contribution in [2.24, 2.45) is 28.9 Å². The normalized spacial score (nSPS) is 71.7. The van der Waals surface area contributed by atoms with E-state index in [1.165, 1.54) is 19.3 Å². The maximum Gasteiger partial charge on any atom is 0.0222 e. The standard InChI is InChI=1S/C10H17N/c1-6-5-10(11)7(2)9(6)4-3-8(9)10/h6-8H,3-5,11H2,1-2H3. The lowest BCUT2D eigenvalue weighted by atomic mass is 9.39. The Kier molecular flexibility index (Phi) is 0.820. The largest absolute Gasteiger partial charge is 0.325 e. The molecule has 0 saturated heterocycles. The molecule has 4 saturated carbocycles. The maximum atomic E-state index is 6.36. The molecule has 5 unspecified atom stereocenters. The van der Waals surface area contributed by atoms with Crippen molar-refractivity contribution in [3.8, 4) is 0 Å². The van der Waals surface area contributed by atoms with E-state index in [4.69, 9.17) is 5.73 Å². The monoisotopic (exact) mass is 151 g/mol. The second kappa shape index (κ2) is 1.39. The molecule has 0 heterocycles. The van der Waals surface area contributed by atoms with E-state index in [9.17, 15) is 0 Å². The number of rotatable bonds is 0. The summed E-state index contributed by atoms with van der Waals surface area (Å²) in [6, 6.07) is 0. The quantitative estimate of drug-likeness (QED) is 0.561. The second-order valence-electron chi connectivity index (χ2n) is 5.14. The molecule has 0 aromatic heterocycles. The smallest absolute Gasteiger partial charge is 0.0222 e. The Morgan fingerprint density at radius 2 is 2.09 bits per heavy atom. The van der Waals surface area contributed by atoms with E-state index in [-0.39, 0.29) is 5.54 Å². The number of nitrogens with two attached hydrogens (primary N) is 1. The highest BCUT2D eigenvalue weighted by Crippen LogP contribution is 2.79. The Bertz CT molecular complexity index is 215. The van der Waals surface area contributed by atoms with E-state index in [0.717, 1.165) is 23.2 Å². The molecule has 0 aromatic rings. The molecule has 0 radical (unpaired) electrons. The lowest BCUT2D eigenvalue weighted by Gasteiger charge is -2.68. The van der Waals surface area contributed by atoms with E-state index >= 15 is 0 Å². The summed E-state index contributed by atoms with van der Waals surface area (Å²) in [5, 5.41) is 0. The van der Waals surface area contributed by atoms with Crippen molar-refractivity contribution >= 4 is 0 Å². The maximum absolute atomic E-state index is 6.36. The summed E-state index contributed by atoms with van der Waals surface area (Å²) in [7, 11) is 0. The van der Waals surface area contributed by atoms with Crippen LogP contribution >= 0.6 is 0 Å². The van der Waals surface area contributed by atoms with Gasteiger partial charge in [-0.25, -0.2) is 0 Å². The minimum atomic E-state index is 0.275. The van der Waals surface area contributed by atoms with E-state index < -0.39 is 0 Å². The molecule has 11 heavy (non-hydrogen) atoms. The summed E-state index contributed by atoms with van der Waals surface area (Å²) in [4.78, 5) is 0. The fourth-order valence-corrected chi connectivity index (χ4v) is 4.67. The first-order valence-electron chi connectivity index (χ1n) is 4.91. The fraction of sp³-hybridized carbons (Fsp3) is 1.00. The van der Waals surface area contributed by atoms with Crippen LogP contribution in [0.2, 0.25) is 0 Å². The Balaban J connectivity index is 2.08. The van der Waals surface area contributed by atoms with Crippen LogP contribution in [0.25, 0.3) is 0 Å². The van der Waals surface area contributed by atoms with Crippen molar-refractivity contribution in [2.45, 2.75) is 38.6 Å². The lowest BCUT2D eigenvalue weighted by Crippen LogP contribution is -2.71. The first kappa shape index (κ1) is 6.47. The molecular formula is C10H17N. The van der Waals surface area contributed by atoms with Gasteiger partial charge < -0.3 is 5.73 Å². The summed E-state index contributed by atoms with van der Waals surface area (Å²) in [6.07, 6.45) is 4.20. The Hall–Kier alpha value is -0.0400. The number of fused-ring (bicyclic) bond motifs is 1. The molecule has 4 aliphatic rings. The van der Waals surface area contributed by atoms with Crippen LogP contribution in [0.3, 0.4) is 0 Å². The SMILES string of the molecule is CC1CC2(N)C(C)C13CCC23. The second-order valence-corrected chi connectivity index (χ2v) is 5.14. The third-order valence-electron chi connectivity index (χ3n) is 5.35. The zero-order chi connectivity index (χ0) is 7.85. The molecule has 4 rings (SSSR count). The highest BCUT2D eigenvalue weighted by Gasteiger charge is 2.78. The van der Waals surface area contributed by atoms with Gasteiger partial charge in [0.05, 0.1) is 0 Å². The first-order chi connectivity index (χ1) is 5.12. The van der Waals surface area contributed by atoms with Crippen molar-refractivity contribution in [3.63, 3.8) is 0 Å². The van der Waals surface area contributed by atoms with Gasteiger partial charge in [0.1, 0.15) is 0 Å². The Labute approximate surface area is 68.3 Å². The van der Waals surface area contributed by atoms with Crippen LogP contribution in [-0.2, 0) is 0 Å². The van der Waals surface area contributed by atoms with Gasteiger partial charge in [-0.15, -0.1) is 0 Å². The van der Waals surface area contributed by atoms with Crippen LogP contribution in [0.5, 0.6) is 0 Å². The van der Waals surface area contributed by atoms with Crippen LogP contribution in [0.4, 0.5) is 0 Å². The van der Waals surface area contributed by atoms with Gasteiger partial charge in [-0.2, -0.15) is 0 Å². The highest BCUT2D eigenvalue weighted by molar-refractivity contribution is 5.30. The molecule has 2 N–H and O–H groups in total. The van der Waals surface area contributed by atoms with Gasteiger partial charge in [0.2, 0.25) is 0 Å². The summed E-state index contributed by atoms with van der Waals surface area (Å²) < 4.78 is 0. The molecule has 4 fully saturated rings. The zero-order valence-corrected chi connectivity index (χ0v) is 7.43. The minimum absolute atomic E-state index is 0.275. The summed E-state index contributed by atoms with van der Waals surface area (Å²) in [6.45, 7) is 4.78. The van der Waals surface area contributed by atoms with Crippen LogP contribution in [0.15, 0.2) is 0 Å². The van der Waals surface area contributed by atoms with Crippen molar-refractivity contribution in [3.05, 3.63) is 0 Å². The Morgan fingerprint density at radius 1 is 1.36 bits per heavy atom. The number of hydrogen-bond donors (Lipinski definition) is 1. The van der Waals surface area contributed by atoms with Gasteiger partial charge in [0.25, 0.3) is 0 Å². The fourth-order valence-electron chi connectivity index (χ4n) is 4.67. The van der Waals surface area contributed by atoms with Gasteiger partial charge in [0, 0.05) is 5.54 Å². The molecule has 5 atom stereocenters. The molecule has 0 aliphatic heterocycles. The molecule has 1 nitrogen and oxygen atoms in total. The van der Waals surface area contributed by atoms with Gasteiger partial charge in [-0.05, 0) is 42.4 Å². The summed E-state index contributed by atoms with van der Waals surface area (Å²) >= 11 is 0. The van der Waals surface area contributed by atoms with E-state index in [1.54, 1.807) is 0 Å². The predicted octanol–water partition coefficient (Wildman–Crippen LogP) is 1.77.